The number of nitrogens with one attached hydrogen (secondary N) is 1. The van der Waals surface area contributed by atoms with E-state index in [1.165, 1.54) is 0 Å². The molecule has 1 atom stereocenters. The molecular formula is C15H22N2O2. The highest BCUT2D eigenvalue weighted by Crippen LogP contribution is 2.21. The summed E-state index contributed by atoms with van der Waals surface area (Å²) in [7, 11) is 1.95. The third-order valence-electron chi connectivity index (χ3n) is 3.53. The van der Waals surface area contributed by atoms with Crippen LogP contribution >= 0.6 is 0 Å². The second-order valence-electron chi connectivity index (χ2n) is 4.81. The summed E-state index contributed by atoms with van der Waals surface area (Å²) in [5.74, 6) is 0.755. The minimum absolute atomic E-state index is 0.0731. The van der Waals surface area contributed by atoms with Gasteiger partial charge in [-0.1, -0.05) is 12.1 Å². The van der Waals surface area contributed by atoms with E-state index in [-0.39, 0.29) is 5.91 Å². The maximum Gasteiger partial charge on any atom is 0.257 e. The van der Waals surface area contributed by atoms with Crippen LogP contribution in [-0.4, -0.2) is 43.6 Å². The van der Waals surface area contributed by atoms with Crippen molar-refractivity contribution in [1.82, 2.24) is 10.2 Å². The molecule has 4 nitrogen and oxygen atoms in total. The van der Waals surface area contributed by atoms with E-state index in [0.29, 0.717) is 24.0 Å². The van der Waals surface area contributed by atoms with Crippen LogP contribution in [0.15, 0.2) is 24.3 Å². The second kappa shape index (κ2) is 6.57. The van der Waals surface area contributed by atoms with Gasteiger partial charge >= 0.3 is 0 Å². The molecule has 1 saturated heterocycles. The van der Waals surface area contributed by atoms with Crippen molar-refractivity contribution in [2.45, 2.75) is 25.8 Å². The number of rotatable bonds is 4. The molecule has 1 aromatic rings. The molecule has 4 heteroatoms. The van der Waals surface area contributed by atoms with Crippen LogP contribution in [0.1, 0.15) is 30.1 Å². The second-order valence-corrected chi connectivity index (χ2v) is 4.81. The predicted octanol–water partition coefficient (Wildman–Crippen LogP) is 1.91. The van der Waals surface area contributed by atoms with Crippen molar-refractivity contribution in [2.24, 2.45) is 0 Å². The van der Waals surface area contributed by atoms with E-state index in [4.69, 9.17) is 4.74 Å². The maximum absolute atomic E-state index is 12.6. The lowest BCUT2D eigenvalue weighted by Gasteiger charge is -2.32. The first kappa shape index (κ1) is 13.9. The molecule has 0 spiro atoms. The Labute approximate surface area is 114 Å². The predicted molar refractivity (Wildman–Crippen MR) is 75.6 cm³/mol. The molecule has 104 valence electrons. The van der Waals surface area contributed by atoms with E-state index in [0.717, 1.165) is 25.9 Å². The fourth-order valence-corrected chi connectivity index (χ4v) is 2.49. The smallest absolute Gasteiger partial charge is 0.257 e. The molecule has 2 rings (SSSR count). The zero-order valence-electron chi connectivity index (χ0n) is 11.7. The van der Waals surface area contributed by atoms with Crippen molar-refractivity contribution in [3.8, 4) is 5.75 Å². The number of nitrogens with zero attached hydrogens (tertiary/aromatic N) is 1. The lowest BCUT2D eigenvalue weighted by molar-refractivity contribution is 0.0694. The molecule has 1 fully saturated rings. The van der Waals surface area contributed by atoms with Crippen LogP contribution in [0.4, 0.5) is 0 Å². The molecule has 0 aliphatic carbocycles. The molecule has 0 saturated carbocycles. The summed E-state index contributed by atoms with van der Waals surface area (Å²) in [5, 5.41) is 3.25. The van der Waals surface area contributed by atoms with Crippen molar-refractivity contribution in [3.63, 3.8) is 0 Å². The van der Waals surface area contributed by atoms with Gasteiger partial charge in [0.2, 0.25) is 0 Å². The first-order chi connectivity index (χ1) is 9.26. The Bertz CT molecular complexity index is 434. The number of carbonyl (C=O) groups is 1. The van der Waals surface area contributed by atoms with Gasteiger partial charge in [-0.2, -0.15) is 0 Å². The van der Waals surface area contributed by atoms with E-state index in [1.54, 1.807) is 0 Å². The van der Waals surface area contributed by atoms with Crippen molar-refractivity contribution < 1.29 is 9.53 Å². The Hall–Kier alpha value is -1.55. The first-order valence-corrected chi connectivity index (χ1v) is 6.94. The van der Waals surface area contributed by atoms with Crippen molar-refractivity contribution >= 4 is 5.91 Å². The van der Waals surface area contributed by atoms with Gasteiger partial charge in [-0.05, 0) is 38.9 Å². The Morgan fingerprint density at radius 3 is 3.00 bits per heavy atom. The number of likely N-dealkylation sites (N-methyl/N-ethyl adjacent to an activating group) is 1. The van der Waals surface area contributed by atoms with Crippen molar-refractivity contribution in [2.75, 3.05) is 26.7 Å². The van der Waals surface area contributed by atoms with Crippen LogP contribution in [0.3, 0.4) is 0 Å². The Morgan fingerprint density at radius 2 is 2.26 bits per heavy atom. The number of carbonyl (C=O) groups excluding carboxylic acids is 1. The summed E-state index contributed by atoms with van der Waals surface area (Å²) in [5.41, 5.74) is 0.668. The number of ether oxygens (including phenoxy) is 1. The van der Waals surface area contributed by atoms with E-state index in [1.807, 2.05) is 43.1 Å². The molecule has 0 unspecified atom stereocenters. The number of likely N-dealkylation sites (tertiary alicyclic amines) is 1. The number of hydrogen-bond donors (Lipinski definition) is 1. The number of para-hydroxylation sites is 1. The standard InChI is InChI=1S/C15H22N2O2/c1-3-19-14-9-5-4-8-13(14)15(18)17-10-6-7-12(11-17)16-2/h4-5,8-9,12,16H,3,6-7,10-11H2,1-2H3/t12-/m0/s1. The monoisotopic (exact) mass is 262 g/mol. The van der Waals surface area contributed by atoms with Gasteiger partial charge in [-0.15, -0.1) is 0 Å². The summed E-state index contributed by atoms with van der Waals surface area (Å²) in [6.07, 6.45) is 2.18. The zero-order valence-corrected chi connectivity index (χ0v) is 11.7. The third kappa shape index (κ3) is 3.26. The van der Waals surface area contributed by atoms with Crippen LogP contribution in [0.2, 0.25) is 0 Å². The van der Waals surface area contributed by atoms with Gasteiger partial charge in [0.1, 0.15) is 5.75 Å². The van der Waals surface area contributed by atoms with Crippen LogP contribution in [-0.2, 0) is 0 Å². The molecule has 1 amide bonds. The van der Waals surface area contributed by atoms with Gasteiger partial charge < -0.3 is 15.0 Å². The highest BCUT2D eigenvalue weighted by Gasteiger charge is 2.25. The Kier molecular flexibility index (Phi) is 4.80. The minimum atomic E-state index is 0.0731. The highest BCUT2D eigenvalue weighted by atomic mass is 16.5. The van der Waals surface area contributed by atoms with Gasteiger partial charge in [-0.3, -0.25) is 4.79 Å². The normalized spacial score (nSPS) is 19.3. The Morgan fingerprint density at radius 1 is 1.47 bits per heavy atom. The molecular weight excluding hydrogens is 240 g/mol. The molecule has 1 aliphatic rings. The molecule has 1 heterocycles. The maximum atomic E-state index is 12.6. The number of benzene rings is 1. The van der Waals surface area contributed by atoms with Crippen LogP contribution in [0.25, 0.3) is 0 Å². The van der Waals surface area contributed by atoms with Gasteiger partial charge in [0, 0.05) is 19.1 Å². The summed E-state index contributed by atoms with van der Waals surface area (Å²) in [4.78, 5) is 14.5. The number of hydrogen-bond acceptors (Lipinski definition) is 3. The SMILES string of the molecule is CCOc1ccccc1C(=O)N1CCC[C@H](NC)C1. The average Bonchev–Trinajstić information content (AvgIpc) is 2.47. The van der Waals surface area contributed by atoms with Crippen LogP contribution < -0.4 is 10.1 Å². The lowest BCUT2D eigenvalue weighted by atomic mass is 10.0. The van der Waals surface area contributed by atoms with Gasteiger partial charge in [0.25, 0.3) is 5.91 Å². The third-order valence-corrected chi connectivity index (χ3v) is 3.53. The molecule has 19 heavy (non-hydrogen) atoms. The molecule has 0 aromatic heterocycles. The first-order valence-electron chi connectivity index (χ1n) is 6.94. The molecule has 0 bridgehead atoms. The van der Waals surface area contributed by atoms with E-state index in [9.17, 15) is 4.79 Å². The van der Waals surface area contributed by atoms with Crippen molar-refractivity contribution in [1.29, 1.82) is 0 Å². The van der Waals surface area contributed by atoms with Gasteiger partial charge in [0.05, 0.1) is 12.2 Å². The lowest BCUT2D eigenvalue weighted by Crippen LogP contribution is -2.47. The quantitative estimate of drug-likeness (QED) is 0.901. The summed E-state index contributed by atoms with van der Waals surface area (Å²) >= 11 is 0. The fourth-order valence-electron chi connectivity index (χ4n) is 2.49. The van der Waals surface area contributed by atoms with E-state index in [2.05, 4.69) is 5.32 Å². The number of amides is 1. The summed E-state index contributed by atoms with van der Waals surface area (Å²) in [6, 6.07) is 7.88. The van der Waals surface area contributed by atoms with Crippen LogP contribution in [0.5, 0.6) is 5.75 Å². The van der Waals surface area contributed by atoms with Gasteiger partial charge in [0.15, 0.2) is 0 Å². The minimum Gasteiger partial charge on any atom is -0.493 e. The van der Waals surface area contributed by atoms with Crippen molar-refractivity contribution in [3.05, 3.63) is 29.8 Å². The topological polar surface area (TPSA) is 41.6 Å². The largest absolute Gasteiger partial charge is 0.493 e. The fraction of sp³-hybridized carbons (Fsp3) is 0.533. The molecule has 0 radical (unpaired) electrons. The molecule has 1 N–H and O–H groups in total. The van der Waals surface area contributed by atoms with E-state index >= 15 is 0 Å². The molecule has 1 aliphatic heterocycles. The van der Waals surface area contributed by atoms with Gasteiger partial charge in [-0.25, -0.2) is 0 Å². The van der Waals surface area contributed by atoms with Crippen LogP contribution in [0, 0.1) is 0 Å². The zero-order chi connectivity index (χ0) is 13.7. The Balaban J connectivity index is 2.14. The average molecular weight is 262 g/mol. The summed E-state index contributed by atoms with van der Waals surface area (Å²) < 4.78 is 5.54. The van der Waals surface area contributed by atoms with E-state index < -0.39 is 0 Å². The number of piperidine rings is 1. The molecule has 1 aromatic carbocycles. The summed E-state index contributed by atoms with van der Waals surface area (Å²) in [6.45, 7) is 4.11. The highest BCUT2D eigenvalue weighted by molar-refractivity contribution is 5.97.